The Morgan fingerprint density at radius 2 is 1.10 bits per heavy atom. The molecule has 20 heteroatoms. The number of pyridine rings is 2. The summed E-state index contributed by atoms with van der Waals surface area (Å²) >= 11 is 3.04. The number of carbonyl (C=O) groups excluding carboxylic acids is 1. The summed E-state index contributed by atoms with van der Waals surface area (Å²) in [4.78, 5) is 59.5. The maximum Gasteiger partial charge on any atom is 0.323 e. The molecule has 6 aromatic rings. The average Bonchev–Trinajstić information content (AvgIpc) is 4.13. The fraction of sp³-hybridized carbons (Fsp3) is 0.489. The summed E-state index contributed by atoms with van der Waals surface area (Å²) in [5.41, 5.74) is 11.3. The number of carboxylic acid groups (broad SMARTS) is 1. The van der Waals surface area contributed by atoms with Gasteiger partial charge in [0.1, 0.15) is 34.6 Å². The molecule has 67 heavy (non-hydrogen) atoms. The van der Waals surface area contributed by atoms with Gasteiger partial charge in [0, 0.05) is 75.2 Å². The van der Waals surface area contributed by atoms with E-state index in [9.17, 15) is 9.59 Å². The minimum atomic E-state index is -0.873. The zero-order chi connectivity index (χ0) is 46.5. The number of nitrogens with two attached hydrogens (primary N) is 1. The monoisotopic (exact) mass is 945 g/mol. The lowest BCUT2D eigenvalue weighted by atomic mass is 10.2. The summed E-state index contributed by atoms with van der Waals surface area (Å²) in [6.45, 7) is 4.48. The van der Waals surface area contributed by atoms with E-state index in [1.54, 1.807) is 35.7 Å². The molecule has 0 radical (unpaired) electrons. The summed E-state index contributed by atoms with van der Waals surface area (Å²) in [6.07, 6.45) is 19.7. The fourth-order valence-electron chi connectivity index (χ4n) is 8.84. The van der Waals surface area contributed by atoms with Gasteiger partial charge in [0.05, 0.1) is 13.0 Å². The van der Waals surface area contributed by atoms with E-state index in [-0.39, 0.29) is 18.9 Å². The van der Waals surface area contributed by atoms with E-state index >= 15 is 0 Å². The van der Waals surface area contributed by atoms with E-state index in [1.165, 1.54) is 62.7 Å². The molecule has 18 nitrogen and oxygen atoms in total. The number of aryl methyl sites for hydroxylation is 2. The highest BCUT2D eigenvalue weighted by Gasteiger charge is 2.26. The van der Waals surface area contributed by atoms with E-state index < -0.39 is 5.97 Å². The zero-order valence-electron chi connectivity index (χ0n) is 38.4. The third kappa shape index (κ3) is 12.6. The van der Waals surface area contributed by atoms with E-state index in [4.69, 9.17) is 20.8 Å². The molecule has 6 aromatic heterocycles. The predicted molar refractivity (Wildman–Crippen MR) is 263 cm³/mol. The summed E-state index contributed by atoms with van der Waals surface area (Å²) in [5.74, 6) is 1.97. The Morgan fingerprint density at radius 3 is 1.57 bits per heavy atom. The first-order valence-electron chi connectivity index (χ1n) is 23.4. The molecule has 2 aliphatic heterocycles. The molecule has 2 saturated heterocycles. The summed E-state index contributed by atoms with van der Waals surface area (Å²) in [5, 5.41) is 28.8. The highest BCUT2D eigenvalue weighted by molar-refractivity contribution is 7.18. The Hall–Kier alpha value is -6.28. The second-order valence-corrected chi connectivity index (χ2v) is 19.3. The highest BCUT2D eigenvalue weighted by atomic mass is 32.1. The van der Waals surface area contributed by atoms with Crippen molar-refractivity contribution >= 4 is 61.5 Å². The number of rotatable bonds is 12. The molecule has 2 aliphatic carbocycles. The van der Waals surface area contributed by atoms with Crippen LogP contribution in [0.2, 0.25) is 0 Å². The Balaban J connectivity index is 0.000000152. The molecule has 3 N–H and O–H groups in total. The second-order valence-electron chi connectivity index (χ2n) is 17.3. The van der Waals surface area contributed by atoms with Gasteiger partial charge in [-0.3, -0.25) is 19.6 Å². The quantitative estimate of drug-likeness (QED) is 0.133. The number of fused-ring (bicyclic) bond motifs is 2. The number of aliphatic carboxylic acids is 1. The topological polar surface area (TPSA) is 222 Å². The largest absolute Gasteiger partial charge is 0.480 e. The van der Waals surface area contributed by atoms with Crippen LogP contribution >= 0.6 is 22.7 Å². The van der Waals surface area contributed by atoms with Crippen molar-refractivity contribution < 1.29 is 14.7 Å². The van der Waals surface area contributed by atoms with Gasteiger partial charge in [0.15, 0.2) is 17.4 Å². The van der Waals surface area contributed by atoms with Gasteiger partial charge in [-0.2, -0.15) is 0 Å². The minimum Gasteiger partial charge on any atom is -0.480 e. The summed E-state index contributed by atoms with van der Waals surface area (Å²) < 4.78 is 0. The fourth-order valence-corrected chi connectivity index (χ4v) is 10.4. The lowest BCUT2D eigenvalue weighted by Crippen LogP contribution is -2.28. The van der Waals surface area contributed by atoms with Gasteiger partial charge in [-0.15, -0.1) is 20.4 Å². The number of nitrogens with zero attached hydrogens (tertiary/aromatic N) is 14. The molecule has 0 aromatic carbocycles. The van der Waals surface area contributed by atoms with Gasteiger partial charge in [-0.25, -0.2) is 19.9 Å². The van der Waals surface area contributed by atoms with E-state index in [0.717, 1.165) is 114 Å². The van der Waals surface area contributed by atoms with Crippen molar-refractivity contribution in [3.63, 3.8) is 0 Å². The van der Waals surface area contributed by atoms with Crippen LogP contribution in [0.3, 0.4) is 0 Å². The van der Waals surface area contributed by atoms with Crippen molar-refractivity contribution in [2.45, 2.75) is 96.3 Å². The summed E-state index contributed by atoms with van der Waals surface area (Å²) in [6, 6.07) is 11.3. The maximum absolute atomic E-state index is 12.9. The smallest absolute Gasteiger partial charge is 0.323 e. The molecule has 2 fully saturated rings. The third-order valence-corrected chi connectivity index (χ3v) is 13.9. The molecule has 0 amide bonds. The SMILES string of the molecule is CN(CC(=O)Cc1nnc(N2CCCCCC2)s1)c1nc(-c2ccccn2)nc2c1CCC2.CN(CC(=O)O)c1nc(-c2ccccn2)nc2c1CCC2.Nc1nnc(N2CCCCCC2)s1. The molecule has 0 spiro atoms. The van der Waals surface area contributed by atoms with Crippen LogP contribution in [0, 0.1) is 0 Å². The van der Waals surface area contributed by atoms with Crippen LogP contribution in [-0.2, 0) is 41.7 Å². The number of anilines is 5. The van der Waals surface area contributed by atoms with Crippen molar-refractivity contribution in [3.8, 4) is 23.0 Å². The Kier molecular flexibility index (Phi) is 16.2. The van der Waals surface area contributed by atoms with Crippen LogP contribution in [0.15, 0.2) is 48.8 Å². The van der Waals surface area contributed by atoms with Crippen molar-refractivity contribution in [2.75, 3.05) is 78.7 Å². The number of Topliss-reactive ketones (excluding diaryl/α,β-unsaturated/α-hetero) is 1. The lowest BCUT2D eigenvalue weighted by molar-refractivity contribution is -0.135. The number of hydrogen-bond acceptors (Lipinski definition) is 19. The number of aromatic nitrogens is 10. The molecule has 4 aliphatic rings. The van der Waals surface area contributed by atoms with Crippen LogP contribution in [0.4, 0.5) is 27.0 Å². The number of carbonyl (C=O) groups is 2. The maximum atomic E-state index is 12.9. The van der Waals surface area contributed by atoms with Crippen LogP contribution < -0.4 is 25.3 Å². The van der Waals surface area contributed by atoms with Crippen molar-refractivity contribution in [3.05, 3.63) is 76.3 Å². The van der Waals surface area contributed by atoms with Crippen molar-refractivity contribution in [1.82, 2.24) is 50.3 Å². The molecule has 352 valence electrons. The Bertz CT molecular complexity index is 2560. The zero-order valence-corrected chi connectivity index (χ0v) is 40.0. The molecule has 0 unspecified atom stereocenters. The van der Waals surface area contributed by atoms with E-state index in [2.05, 4.69) is 50.1 Å². The lowest BCUT2D eigenvalue weighted by Gasteiger charge is -2.21. The molecular formula is C47H59N15O3S2. The number of carboxylic acids is 1. The van der Waals surface area contributed by atoms with Crippen LogP contribution in [-0.4, -0.2) is 121 Å². The van der Waals surface area contributed by atoms with Gasteiger partial charge in [0.25, 0.3) is 0 Å². The van der Waals surface area contributed by atoms with Crippen molar-refractivity contribution in [1.29, 1.82) is 0 Å². The predicted octanol–water partition coefficient (Wildman–Crippen LogP) is 6.56. The molecular weight excluding hydrogens is 887 g/mol. The first kappa shape index (κ1) is 47.2. The number of likely N-dealkylation sites (N-methyl/N-ethyl adjacent to an activating group) is 2. The van der Waals surface area contributed by atoms with E-state index in [1.807, 2.05) is 48.3 Å². The highest BCUT2D eigenvalue weighted by Crippen LogP contribution is 2.32. The van der Waals surface area contributed by atoms with Crippen LogP contribution in [0.1, 0.15) is 91.7 Å². The number of hydrogen-bond donors (Lipinski definition) is 2. The van der Waals surface area contributed by atoms with Gasteiger partial charge in [-0.05, 0) is 88.5 Å². The standard InChI is InChI=1S/C24H29N7OS.C15H16N4O2.C8H14N4S/c1-30(16-17(32)15-21-28-29-24(33-21)31-13-6-2-3-7-14-31)23-18-9-8-11-19(18)26-22(27-23)20-10-4-5-12-25-20;1-19(9-13(20)21)15-10-5-4-7-11(10)17-14(18-15)12-6-2-3-8-16-12;9-7-10-11-8(13-7)12-5-3-1-2-4-6-12/h4-5,10,12H,2-3,6-9,11,13-16H2,1H3;2-3,6,8H,4-5,7,9H2,1H3,(H,20,21);1-6H2,(H2,9,10). The van der Waals surface area contributed by atoms with Crippen LogP contribution in [0.25, 0.3) is 23.0 Å². The molecule has 8 heterocycles. The normalized spacial score (nSPS) is 15.5. The third-order valence-electron chi connectivity index (χ3n) is 12.1. The molecule has 10 rings (SSSR count). The molecule has 0 bridgehead atoms. The first-order chi connectivity index (χ1) is 32.7. The number of ketones is 1. The van der Waals surface area contributed by atoms with Gasteiger partial charge in [-0.1, -0.05) is 60.5 Å². The average molecular weight is 946 g/mol. The molecule has 0 atom stereocenters. The van der Waals surface area contributed by atoms with Gasteiger partial charge >= 0.3 is 5.97 Å². The second kappa shape index (κ2) is 23.0. The number of nitrogen functional groups attached to an aromatic ring is 1. The molecule has 0 saturated carbocycles. The van der Waals surface area contributed by atoms with Crippen LogP contribution in [0.5, 0.6) is 0 Å². The van der Waals surface area contributed by atoms with E-state index in [0.29, 0.717) is 34.7 Å². The van der Waals surface area contributed by atoms with Crippen molar-refractivity contribution in [2.24, 2.45) is 0 Å². The van der Waals surface area contributed by atoms with Gasteiger partial charge in [0.2, 0.25) is 15.4 Å². The Morgan fingerprint density at radius 1 is 0.612 bits per heavy atom. The first-order valence-corrected chi connectivity index (χ1v) is 25.0. The van der Waals surface area contributed by atoms with Gasteiger partial charge < -0.3 is 30.4 Å². The Labute approximate surface area is 399 Å². The summed E-state index contributed by atoms with van der Waals surface area (Å²) in [7, 11) is 3.68. The minimum absolute atomic E-state index is 0.0783.